The molecule has 25 heavy (non-hydrogen) atoms. The number of amides is 1. The minimum Gasteiger partial charge on any atom is -0.497 e. The lowest BCUT2D eigenvalue weighted by molar-refractivity contribution is -0.136. The van der Waals surface area contributed by atoms with Gasteiger partial charge >= 0.3 is 0 Å². The summed E-state index contributed by atoms with van der Waals surface area (Å²) in [6.07, 6.45) is 3.48. The van der Waals surface area contributed by atoms with E-state index in [1.165, 1.54) is 11.4 Å². The van der Waals surface area contributed by atoms with Crippen LogP contribution in [0.5, 0.6) is 5.75 Å². The normalized spacial score (nSPS) is 27.0. The maximum atomic E-state index is 12.9. The fraction of sp³-hybridized carbons (Fsp3) is 0.588. The molecule has 2 saturated heterocycles. The highest BCUT2D eigenvalue weighted by molar-refractivity contribution is 7.87. The quantitative estimate of drug-likeness (QED) is 0.873. The van der Waals surface area contributed by atoms with Crippen LogP contribution in [-0.2, 0) is 15.0 Å². The van der Waals surface area contributed by atoms with Crippen molar-refractivity contribution in [1.29, 1.82) is 0 Å². The van der Waals surface area contributed by atoms with Crippen LogP contribution in [0.25, 0.3) is 0 Å². The van der Waals surface area contributed by atoms with Gasteiger partial charge in [-0.05, 0) is 43.4 Å². The molecule has 1 amide bonds. The van der Waals surface area contributed by atoms with E-state index in [1.54, 1.807) is 18.1 Å². The van der Waals surface area contributed by atoms with E-state index < -0.39 is 22.3 Å². The Kier molecular flexibility index (Phi) is 5.31. The van der Waals surface area contributed by atoms with Gasteiger partial charge in [0, 0.05) is 20.1 Å². The first-order chi connectivity index (χ1) is 11.9. The van der Waals surface area contributed by atoms with Gasteiger partial charge in [-0.2, -0.15) is 17.4 Å². The van der Waals surface area contributed by atoms with Crippen LogP contribution >= 0.6 is 0 Å². The zero-order chi connectivity index (χ0) is 18.0. The fourth-order valence-electron chi connectivity index (χ4n) is 3.49. The Balaban J connectivity index is 1.86. The molecule has 3 rings (SSSR count). The van der Waals surface area contributed by atoms with Crippen LogP contribution < -0.4 is 9.46 Å². The van der Waals surface area contributed by atoms with E-state index in [4.69, 9.17) is 4.74 Å². The number of hydrogen-bond acceptors (Lipinski definition) is 4. The molecular formula is C17H25N3O4S. The van der Waals surface area contributed by atoms with Crippen molar-refractivity contribution in [3.05, 3.63) is 29.8 Å². The van der Waals surface area contributed by atoms with E-state index in [-0.39, 0.29) is 5.91 Å². The maximum Gasteiger partial charge on any atom is 0.280 e. The van der Waals surface area contributed by atoms with Crippen LogP contribution in [0.2, 0.25) is 0 Å². The number of ether oxygens (including phenoxy) is 1. The van der Waals surface area contributed by atoms with Crippen molar-refractivity contribution in [2.24, 2.45) is 0 Å². The van der Waals surface area contributed by atoms with Crippen LogP contribution in [0, 0.1) is 0 Å². The summed E-state index contributed by atoms with van der Waals surface area (Å²) in [4.78, 5) is 14.7. The standard InChI is InChI=1S/C17H25N3O4S/c1-19-16(17(21)20-9-4-3-5-10-20)12-15(18-25(19,22)23)13-7-6-8-14(11-13)24-2/h6-8,11,15-16,18H,3-5,9-10,12H2,1-2H3/t15-,16-/m0/s1. The highest BCUT2D eigenvalue weighted by atomic mass is 32.2. The molecule has 1 aromatic carbocycles. The second-order valence-electron chi connectivity index (χ2n) is 6.61. The second kappa shape index (κ2) is 7.31. The van der Waals surface area contributed by atoms with Crippen molar-refractivity contribution < 1.29 is 17.9 Å². The highest BCUT2D eigenvalue weighted by Crippen LogP contribution is 2.30. The average molecular weight is 367 g/mol. The Labute approximate surface area is 149 Å². The van der Waals surface area contributed by atoms with Crippen molar-refractivity contribution in [2.75, 3.05) is 27.2 Å². The van der Waals surface area contributed by atoms with E-state index >= 15 is 0 Å². The zero-order valence-corrected chi connectivity index (χ0v) is 15.5. The zero-order valence-electron chi connectivity index (χ0n) is 14.6. The smallest absolute Gasteiger partial charge is 0.280 e. The summed E-state index contributed by atoms with van der Waals surface area (Å²) in [7, 11) is -0.677. The van der Waals surface area contributed by atoms with E-state index in [9.17, 15) is 13.2 Å². The predicted molar refractivity (Wildman–Crippen MR) is 94.4 cm³/mol. The summed E-state index contributed by atoms with van der Waals surface area (Å²) in [5.74, 6) is 0.565. The number of nitrogens with zero attached hydrogens (tertiary/aromatic N) is 2. The first-order valence-electron chi connectivity index (χ1n) is 8.60. The summed E-state index contributed by atoms with van der Waals surface area (Å²) in [5, 5.41) is 0. The maximum absolute atomic E-state index is 12.9. The molecule has 1 aromatic rings. The number of methoxy groups -OCH3 is 1. The van der Waals surface area contributed by atoms with E-state index in [0.717, 1.165) is 24.8 Å². The van der Waals surface area contributed by atoms with E-state index in [0.29, 0.717) is 25.3 Å². The molecule has 138 valence electrons. The molecule has 2 fully saturated rings. The molecule has 0 bridgehead atoms. The van der Waals surface area contributed by atoms with Crippen molar-refractivity contribution in [1.82, 2.24) is 13.9 Å². The van der Waals surface area contributed by atoms with E-state index in [1.807, 2.05) is 18.2 Å². The first-order valence-corrected chi connectivity index (χ1v) is 10.0. The lowest BCUT2D eigenvalue weighted by Crippen LogP contribution is -2.58. The molecule has 0 aromatic heterocycles. The van der Waals surface area contributed by atoms with Gasteiger partial charge in [0.2, 0.25) is 5.91 Å². The predicted octanol–water partition coefficient (Wildman–Crippen LogP) is 1.29. The number of rotatable bonds is 3. The number of piperidine rings is 1. The van der Waals surface area contributed by atoms with Crippen LogP contribution in [0.3, 0.4) is 0 Å². The molecule has 0 saturated carbocycles. The van der Waals surface area contributed by atoms with Crippen molar-refractivity contribution in [2.45, 2.75) is 37.8 Å². The van der Waals surface area contributed by atoms with Gasteiger partial charge in [-0.3, -0.25) is 4.79 Å². The van der Waals surface area contributed by atoms with Crippen molar-refractivity contribution in [3.8, 4) is 5.75 Å². The second-order valence-corrected chi connectivity index (χ2v) is 8.37. The van der Waals surface area contributed by atoms with Gasteiger partial charge in [0.25, 0.3) is 10.2 Å². The Morgan fingerprint density at radius 1 is 1.24 bits per heavy atom. The van der Waals surface area contributed by atoms with Crippen LogP contribution in [0.1, 0.15) is 37.3 Å². The number of carbonyl (C=O) groups is 1. The molecule has 2 atom stereocenters. The lowest BCUT2D eigenvalue weighted by Gasteiger charge is -2.39. The van der Waals surface area contributed by atoms with Crippen LogP contribution in [0.4, 0.5) is 0 Å². The van der Waals surface area contributed by atoms with Crippen LogP contribution in [-0.4, -0.2) is 56.8 Å². The third-order valence-electron chi connectivity index (χ3n) is 5.02. The van der Waals surface area contributed by atoms with Gasteiger partial charge in [0.1, 0.15) is 11.8 Å². The van der Waals surface area contributed by atoms with Gasteiger partial charge in [-0.1, -0.05) is 12.1 Å². The number of nitrogens with one attached hydrogen (secondary N) is 1. The summed E-state index contributed by atoms with van der Waals surface area (Å²) in [5.41, 5.74) is 0.799. The van der Waals surface area contributed by atoms with E-state index in [2.05, 4.69) is 4.72 Å². The van der Waals surface area contributed by atoms with Gasteiger partial charge in [-0.15, -0.1) is 0 Å². The number of benzene rings is 1. The Morgan fingerprint density at radius 3 is 2.64 bits per heavy atom. The molecule has 0 radical (unpaired) electrons. The summed E-state index contributed by atoms with van der Waals surface area (Å²) >= 11 is 0. The third kappa shape index (κ3) is 3.80. The van der Waals surface area contributed by atoms with Crippen molar-refractivity contribution >= 4 is 16.1 Å². The summed E-state index contributed by atoms with van der Waals surface area (Å²) < 4.78 is 34.1. The molecule has 1 N–H and O–H groups in total. The third-order valence-corrected chi connectivity index (χ3v) is 6.61. The number of likely N-dealkylation sites (N-methyl/N-ethyl adjacent to an activating group) is 1. The monoisotopic (exact) mass is 367 g/mol. The largest absolute Gasteiger partial charge is 0.497 e. The summed E-state index contributed by atoms with van der Waals surface area (Å²) in [6, 6.07) is 6.16. The van der Waals surface area contributed by atoms with Crippen LogP contribution in [0.15, 0.2) is 24.3 Å². The molecule has 2 aliphatic rings. The fourth-order valence-corrected chi connectivity index (χ4v) is 4.76. The molecule has 0 aliphatic carbocycles. The topological polar surface area (TPSA) is 79.0 Å². The number of likely N-dealkylation sites (tertiary alicyclic amines) is 1. The molecule has 8 heteroatoms. The number of carbonyl (C=O) groups excluding carboxylic acids is 1. The van der Waals surface area contributed by atoms with Gasteiger partial charge < -0.3 is 9.64 Å². The van der Waals surface area contributed by atoms with Gasteiger partial charge in [0.15, 0.2) is 0 Å². The Hall–Kier alpha value is -1.64. The highest BCUT2D eigenvalue weighted by Gasteiger charge is 2.42. The lowest BCUT2D eigenvalue weighted by atomic mass is 9.98. The average Bonchev–Trinajstić information content (AvgIpc) is 2.64. The molecule has 0 unspecified atom stereocenters. The Morgan fingerprint density at radius 2 is 1.96 bits per heavy atom. The minimum atomic E-state index is -3.72. The minimum absolute atomic E-state index is 0.0971. The molecule has 2 heterocycles. The SMILES string of the molecule is COc1cccc([C@@H]2C[C@@H](C(=O)N3CCCCC3)N(C)S(=O)(=O)N2)c1. The van der Waals surface area contributed by atoms with Gasteiger partial charge in [-0.25, -0.2) is 0 Å². The first kappa shape index (κ1) is 18.2. The Bertz CT molecular complexity index is 731. The van der Waals surface area contributed by atoms with Crippen molar-refractivity contribution in [3.63, 3.8) is 0 Å². The number of hydrogen-bond donors (Lipinski definition) is 1. The molecule has 2 aliphatic heterocycles. The molecule has 7 nitrogen and oxygen atoms in total. The summed E-state index contributed by atoms with van der Waals surface area (Å²) in [6.45, 7) is 1.42. The molecular weight excluding hydrogens is 342 g/mol. The molecule has 0 spiro atoms. The van der Waals surface area contributed by atoms with Gasteiger partial charge in [0.05, 0.1) is 13.2 Å².